The fraction of sp³-hybridized carbons (Fsp3) is 0.579. The van der Waals surface area contributed by atoms with Crippen molar-refractivity contribution in [1.82, 2.24) is 0 Å². The first-order chi connectivity index (χ1) is 9.49. The lowest BCUT2D eigenvalue weighted by Crippen LogP contribution is -2.33. The van der Waals surface area contributed by atoms with Crippen LogP contribution in [0.1, 0.15) is 51.5 Å². The lowest BCUT2D eigenvalue weighted by atomic mass is 9.59. The Kier molecular flexibility index (Phi) is 3.40. The molecule has 1 aromatic carbocycles. The second-order valence-corrected chi connectivity index (χ2v) is 7.43. The number of fused-ring (bicyclic) bond motifs is 2. The number of allylic oxidation sites excluding steroid dienone is 2. The molecular formula is C19H26O. The van der Waals surface area contributed by atoms with Crippen LogP contribution < -0.4 is 4.74 Å². The molecule has 0 aromatic heterocycles. The highest BCUT2D eigenvalue weighted by atomic mass is 16.5. The molecular weight excluding hydrogens is 244 g/mol. The van der Waals surface area contributed by atoms with Crippen molar-refractivity contribution in [1.29, 1.82) is 0 Å². The Bertz CT molecular complexity index is 504. The Morgan fingerprint density at radius 1 is 1.05 bits per heavy atom. The first-order valence-electron chi connectivity index (χ1n) is 7.85. The predicted octanol–water partition coefficient (Wildman–Crippen LogP) is 5.18. The topological polar surface area (TPSA) is 9.23 Å². The van der Waals surface area contributed by atoms with Crippen LogP contribution in [0.25, 0.3) is 0 Å². The van der Waals surface area contributed by atoms with Gasteiger partial charge in [-0.25, -0.2) is 0 Å². The average molecular weight is 270 g/mol. The summed E-state index contributed by atoms with van der Waals surface area (Å²) in [5.41, 5.74) is 3.54. The van der Waals surface area contributed by atoms with E-state index in [0.29, 0.717) is 11.3 Å². The summed E-state index contributed by atoms with van der Waals surface area (Å²) in [6.07, 6.45) is 6.69. The fourth-order valence-corrected chi connectivity index (χ4v) is 4.14. The number of ether oxygens (including phenoxy) is 1. The number of rotatable bonds is 2. The van der Waals surface area contributed by atoms with Crippen LogP contribution in [-0.2, 0) is 0 Å². The normalized spacial score (nSPS) is 29.2. The minimum absolute atomic E-state index is 0.341. The summed E-state index contributed by atoms with van der Waals surface area (Å²) in [5, 5.41) is 0. The van der Waals surface area contributed by atoms with Gasteiger partial charge in [0.25, 0.3) is 0 Å². The molecule has 20 heavy (non-hydrogen) atoms. The molecule has 0 amide bonds. The molecule has 3 aliphatic rings. The molecule has 3 aliphatic carbocycles. The van der Waals surface area contributed by atoms with Gasteiger partial charge in [-0.1, -0.05) is 44.6 Å². The van der Waals surface area contributed by atoms with E-state index < -0.39 is 0 Å². The Labute approximate surface area is 123 Å². The molecule has 2 bridgehead atoms. The van der Waals surface area contributed by atoms with Gasteiger partial charge in [0.05, 0.1) is 7.11 Å². The second kappa shape index (κ2) is 4.95. The molecule has 0 aliphatic heterocycles. The van der Waals surface area contributed by atoms with Crippen LogP contribution in [0.5, 0.6) is 5.75 Å². The van der Waals surface area contributed by atoms with E-state index in [0.717, 1.165) is 17.6 Å². The predicted molar refractivity (Wildman–Crippen MR) is 84.1 cm³/mol. The highest BCUT2D eigenvalue weighted by molar-refractivity contribution is 5.34. The molecule has 1 fully saturated rings. The fourth-order valence-electron chi connectivity index (χ4n) is 4.14. The Morgan fingerprint density at radius 2 is 1.75 bits per heavy atom. The minimum Gasteiger partial charge on any atom is -0.497 e. The van der Waals surface area contributed by atoms with Crippen LogP contribution >= 0.6 is 0 Å². The second-order valence-electron chi connectivity index (χ2n) is 7.43. The smallest absolute Gasteiger partial charge is 0.118 e. The number of hydrogen-bond acceptors (Lipinski definition) is 1. The SMILES string of the molecule is COc1ccc(C2C[C@@H]3CC[C@H]2C=C3C(C)(C)C)cc1. The lowest BCUT2D eigenvalue weighted by Gasteiger charge is -2.46. The molecule has 1 nitrogen and oxygen atoms in total. The van der Waals surface area contributed by atoms with Gasteiger partial charge in [0, 0.05) is 0 Å². The van der Waals surface area contributed by atoms with Gasteiger partial charge >= 0.3 is 0 Å². The molecule has 0 N–H and O–H groups in total. The molecule has 1 unspecified atom stereocenters. The van der Waals surface area contributed by atoms with Crippen LogP contribution in [0.3, 0.4) is 0 Å². The maximum atomic E-state index is 5.27. The zero-order chi connectivity index (χ0) is 14.3. The summed E-state index contributed by atoms with van der Waals surface area (Å²) in [4.78, 5) is 0. The summed E-state index contributed by atoms with van der Waals surface area (Å²) in [7, 11) is 1.73. The molecule has 0 saturated heterocycles. The largest absolute Gasteiger partial charge is 0.497 e. The van der Waals surface area contributed by atoms with E-state index in [1.54, 1.807) is 12.7 Å². The number of benzene rings is 1. The van der Waals surface area contributed by atoms with Crippen molar-refractivity contribution in [2.75, 3.05) is 7.11 Å². The molecule has 1 heteroatoms. The summed E-state index contributed by atoms with van der Waals surface area (Å²) in [6.45, 7) is 7.09. The zero-order valence-corrected chi connectivity index (χ0v) is 13.1. The van der Waals surface area contributed by atoms with Gasteiger partial charge in [-0.2, -0.15) is 0 Å². The lowest BCUT2D eigenvalue weighted by molar-refractivity contribution is 0.234. The van der Waals surface area contributed by atoms with Gasteiger partial charge in [0.1, 0.15) is 5.75 Å². The van der Waals surface area contributed by atoms with Gasteiger partial charge < -0.3 is 4.74 Å². The van der Waals surface area contributed by atoms with Crippen LogP contribution in [0.4, 0.5) is 0 Å². The first kappa shape index (κ1) is 13.7. The average Bonchev–Trinajstić information content (AvgIpc) is 2.47. The molecule has 108 valence electrons. The van der Waals surface area contributed by atoms with E-state index >= 15 is 0 Å². The van der Waals surface area contributed by atoms with E-state index in [9.17, 15) is 0 Å². The summed E-state index contributed by atoms with van der Waals surface area (Å²) >= 11 is 0. The third-order valence-electron chi connectivity index (χ3n) is 5.15. The zero-order valence-electron chi connectivity index (χ0n) is 13.1. The van der Waals surface area contributed by atoms with Crippen molar-refractivity contribution in [3.05, 3.63) is 41.5 Å². The quantitative estimate of drug-likeness (QED) is 0.673. The molecule has 0 spiro atoms. The van der Waals surface area contributed by atoms with Gasteiger partial charge in [-0.3, -0.25) is 0 Å². The van der Waals surface area contributed by atoms with E-state index in [2.05, 4.69) is 51.1 Å². The Hall–Kier alpha value is -1.24. The minimum atomic E-state index is 0.341. The monoisotopic (exact) mass is 270 g/mol. The molecule has 1 aromatic rings. The third-order valence-corrected chi connectivity index (χ3v) is 5.15. The maximum Gasteiger partial charge on any atom is 0.118 e. The molecule has 0 radical (unpaired) electrons. The van der Waals surface area contributed by atoms with Crippen molar-refractivity contribution in [3.8, 4) is 5.75 Å². The van der Waals surface area contributed by atoms with Crippen LogP contribution in [0.15, 0.2) is 35.9 Å². The van der Waals surface area contributed by atoms with Crippen molar-refractivity contribution >= 4 is 0 Å². The van der Waals surface area contributed by atoms with Gasteiger partial charge in [-0.05, 0) is 60.1 Å². The molecule has 4 rings (SSSR count). The van der Waals surface area contributed by atoms with Crippen molar-refractivity contribution in [3.63, 3.8) is 0 Å². The van der Waals surface area contributed by atoms with Gasteiger partial charge in [-0.15, -0.1) is 0 Å². The molecule has 1 saturated carbocycles. The van der Waals surface area contributed by atoms with E-state index in [-0.39, 0.29) is 0 Å². The Balaban J connectivity index is 1.86. The number of methoxy groups -OCH3 is 1. The highest BCUT2D eigenvalue weighted by Crippen LogP contribution is 2.52. The standard InChI is InChI=1S/C19H26O/c1-19(2,3)18-12-14-5-6-15(18)11-17(14)13-7-9-16(20-4)10-8-13/h7-10,12,14-15,17H,5-6,11H2,1-4H3/t14-,15-,17?/m0/s1. The summed E-state index contributed by atoms with van der Waals surface area (Å²) in [6, 6.07) is 8.72. The van der Waals surface area contributed by atoms with E-state index in [4.69, 9.17) is 4.74 Å². The van der Waals surface area contributed by atoms with Crippen molar-refractivity contribution in [2.24, 2.45) is 17.3 Å². The van der Waals surface area contributed by atoms with E-state index in [1.807, 2.05) is 0 Å². The number of hydrogen-bond donors (Lipinski definition) is 0. The van der Waals surface area contributed by atoms with Gasteiger partial charge in [0.15, 0.2) is 0 Å². The maximum absolute atomic E-state index is 5.27. The Morgan fingerprint density at radius 3 is 2.25 bits per heavy atom. The van der Waals surface area contributed by atoms with Crippen LogP contribution in [0.2, 0.25) is 0 Å². The van der Waals surface area contributed by atoms with E-state index in [1.165, 1.54) is 24.8 Å². The first-order valence-corrected chi connectivity index (χ1v) is 7.85. The summed E-state index contributed by atoms with van der Waals surface area (Å²) in [5.74, 6) is 3.21. The van der Waals surface area contributed by atoms with Gasteiger partial charge in [0.2, 0.25) is 0 Å². The molecule has 0 heterocycles. The van der Waals surface area contributed by atoms with Crippen molar-refractivity contribution in [2.45, 2.75) is 46.0 Å². The highest BCUT2D eigenvalue weighted by Gasteiger charge is 2.40. The summed E-state index contributed by atoms with van der Waals surface area (Å²) < 4.78 is 5.27. The van der Waals surface area contributed by atoms with Crippen LogP contribution in [-0.4, -0.2) is 7.11 Å². The van der Waals surface area contributed by atoms with Crippen LogP contribution in [0, 0.1) is 17.3 Å². The van der Waals surface area contributed by atoms with Crippen molar-refractivity contribution < 1.29 is 4.74 Å². The molecule has 3 atom stereocenters. The third kappa shape index (κ3) is 2.39.